The first-order valence-corrected chi connectivity index (χ1v) is 8.21. The third-order valence-corrected chi connectivity index (χ3v) is 3.67. The summed E-state index contributed by atoms with van der Waals surface area (Å²) in [5, 5.41) is 16.4. The number of aliphatic imine (C=N–C) groups is 1. The van der Waals surface area contributed by atoms with Crippen molar-refractivity contribution in [3.8, 4) is 5.75 Å². The Morgan fingerprint density at radius 1 is 1.16 bits per heavy atom. The van der Waals surface area contributed by atoms with Crippen LogP contribution in [0.3, 0.4) is 0 Å². The zero-order chi connectivity index (χ0) is 18.1. The molecule has 3 N–H and O–H groups in total. The minimum atomic E-state index is -0.691. The van der Waals surface area contributed by atoms with E-state index >= 15 is 0 Å². The number of hydrogen-bond donors (Lipinski definition) is 3. The van der Waals surface area contributed by atoms with Gasteiger partial charge in [-0.05, 0) is 30.7 Å². The lowest BCUT2D eigenvalue weighted by Crippen LogP contribution is -2.39. The molecule has 0 saturated carbocycles. The van der Waals surface area contributed by atoms with E-state index in [0.717, 1.165) is 11.3 Å². The molecule has 0 radical (unpaired) electrons. The Morgan fingerprint density at radius 2 is 1.88 bits per heavy atom. The van der Waals surface area contributed by atoms with Crippen LogP contribution in [0.4, 0.5) is 4.39 Å². The fourth-order valence-corrected chi connectivity index (χ4v) is 2.27. The molecule has 5 nitrogen and oxygen atoms in total. The summed E-state index contributed by atoms with van der Waals surface area (Å²) in [7, 11) is 1.60. The number of nitrogens with zero attached hydrogens (tertiary/aromatic N) is 1. The molecule has 0 spiro atoms. The van der Waals surface area contributed by atoms with E-state index in [4.69, 9.17) is 4.74 Å². The van der Waals surface area contributed by atoms with Gasteiger partial charge >= 0.3 is 0 Å². The number of guanidine groups is 1. The highest BCUT2D eigenvalue weighted by atomic mass is 19.1. The predicted octanol–water partition coefficient (Wildman–Crippen LogP) is 2.62. The lowest BCUT2D eigenvalue weighted by atomic mass is 10.1. The van der Waals surface area contributed by atoms with Crippen molar-refractivity contribution in [1.29, 1.82) is 0 Å². The molecule has 1 unspecified atom stereocenters. The van der Waals surface area contributed by atoms with E-state index in [9.17, 15) is 9.50 Å². The second kappa shape index (κ2) is 9.64. The molecule has 134 valence electrons. The van der Waals surface area contributed by atoms with E-state index in [-0.39, 0.29) is 18.9 Å². The first-order valence-electron chi connectivity index (χ1n) is 8.21. The van der Waals surface area contributed by atoms with Crippen molar-refractivity contribution in [2.75, 3.05) is 20.2 Å². The fourth-order valence-electron chi connectivity index (χ4n) is 2.27. The van der Waals surface area contributed by atoms with Crippen molar-refractivity contribution >= 4 is 5.96 Å². The van der Waals surface area contributed by atoms with Crippen molar-refractivity contribution in [3.05, 3.63) is 65.5 Å². The van der Waals surface area contributed by atoms with E-state index in [1.54, 1.807) is 37.4 Å². The molecule has 6 heteroatoms. The molecule has 0 aliphatic carbocycles. The predicted molar refractivity (Wildman–Crippen MR) is 97.2 cm³/mol. The average Bonchev–Trinajstić information content (AvgIpc) is 2.65. The van der Waals surface area contributed by atoms with E-state index in [2.05, 4.69) is 15.6 Å². The van der Waals surface area contributed by atoms with Crippen LogP contribution in [0.15, 0.2) is 53.5 Å². The largest absolute Gasteiger partial charge is 0.497 e. The number of aliphatic hydroxyl groups excluding tert-OH is 1. The van der Waals surface area contributed by atoms with Crippen LogP contribution in [-0.4, -0.2) is 31.3 Å². The molecule has 2 rings (SSSR count). The van der Waals surface area contributed by atoms with E-state index in [1.165, 1.54) is 6.07 Å². The van der Waals surface area contributed by atoms with Crippen molar-refractivity contribution in [3.63, 3.8) is 0 Å². The monoisotopic (exact) mass is 345 g/mol. The van der Waals surface area contributed by atoms with E-state index in [0.29, 0.717) is 18.1 Å². The summed E-state index contributed by atoms with van der Waals surface area (Å²) in [4.78, 5) is 4.36. The molecular formula is C19H24FN3O2. The summed E-state index contributed by atoms with van der Waals surface area (Å²) in [6.07, 6.45) is -0.691. The molecule has 0 fully saturated rings. The average molecular weight is 345 g/mol. The maximum atomic E-state index is 13.7. The molecule has 1 atom stereocenters. The topological polar surface area (TPSA) is 65.9 Å². The Morgan fingerprint density at radius 3 is 2.52 bits per heavy atom. The number of halogens is 1. The van der Waals surface area contributed by atoms with Gasteiger partial charge in [0, 0.05) is 18.7 Å². The molecule has 0 aliphatic heterocycles. The van der Waals surface area contributed by atoms with Gasteiger partial charge in [-0.3, -0.25) is 0 Å². The van der Waals surface area contributed by atoms with Crippen molar-refractivity contribution < 1.29 is 14.2 Å². The number of methoxy groups -OCH3 is 1. The SMILES string of the molecule is CCNC(=NCc1ccccc1F)NCC(O)c1ccc(OC)cc1. The van der Waals surface area contributed by atoms with Gasteiger partial charge in [0.25, 0.3) is 0 Å². The lowest BCUT2D eigenvalue weighted by Gasteiger charge is -2.16. The summed E-state index contributed by atoms with van der Waals surface area (Å²) in [5.74, 6) is 0.988. The van der Waals surface area contributed by atoms with Crippen LogP contribution in [0, 0.1) is 5.82 Å². The Kier molecular flexibility index (Phi) is 7.22. The Bertz CT molecular complexity index is 689. The number of rotatable bonds is 7. The molecule has 0 bridgehead atoms. The Labute approximate surface area is 147 Å². The van der Waals surface area contributed by atoms with Gasteiger partial charge in [-0.2, -0.15) is 0 Å². The minimum absolute atomic E-state index is 0.223. The van der Waals surface area contributed by atoms with Crippen LogP contribution >= 0.6 is 0 Å². The first kappa shape index (κ1) is 18.7. The smallest absolute Gasteiger partial charge is 0.191 e. The molecular weight excluding hydrogens is 321 g/mol. The van der Waals surface area contributed by atoms with Crippen LogP contribution in [-0.2, 0) is 6.54 Å². The first-order chi connectivity index (χ1) is 12.1. The summed E-state index contributed by atoms with van der Waals surface area (Å²) in [6, 6.07) is 13.8. The molecule has 0 aliphatic rings. The maximum Gasteiger partial charge on any atom is 0.191 e. The zero-order valence-corrected chi connectivity index (χ0v) is 14.5. The Balaban J connectivity index is 1.95. The maximum absolute atomic E-state index is 13.7. The van der Waals surface area contributed by atoms with Gasteiger partial charge in [-0.15, -0.1) is 0 Å². The van der Waals surface area contributed by atoms with Gasteiger partial charge < -0.3 is 20.5 Å². The van der Waals surface area contributed by atoms with Crippen molar-refractivity contribution in [1.82, 2.24) is 10.6 Å². The van der Waals surface area contributed by atoms with Crippen LogP contribution in [0.1, 0.15) is 24.2 Å². The standard InChI is InChI=1S/C19H24FN3O2/c1-3-21-19(22-12-15-6-4-5-7-17(15)20)23-13-18(24)14-8-10-16(25-2)11-9-14/h4-11,18,24H,3,12-13H2,1-2H3,(H2,21,22,23). The summed E-state index contributed by atoms with van der Waals surface area (Å²) in [5.41, 5.74) is 1.30. The second-order valence-electron chi connectivity index (χ2n) is 5.46. The van der Waals surface area contributed by atoms with E-state index < -0.39 is 6.10 Å². The van der Waals surface area contributed by atoms with Crippen LogP contribution in [0.2, 0.25) is 0 Å². The molecule has 2 aromatic carbocycles. The number of hydrogen-bond acceptors (Lipinski definition) is 3. The van der Waals surface area contributed by atoms with Gasteiger partial charge in [-0.25, -0.2) is 9.38 Å². The highest BCUT2D eigenvalue weighted by Crippen LogP contribution is 2.17. The number of aliphatic hydroxyl groups is 1. The van der Waals surface area contributed by atoms with E-state index in [1.807, 2.05) is 19.1 Å². The molecule has 25 heavy (non-hydrogen) atoms. The molecule has 2 aromatic rings. The molecule has 0 heterocycles. The molecule has 0 amide bonds. The Hall–Kier alpha value is -2.60. The second-order valence-corrected chi connectivity index (χ2v) is 5.46. The number of ether oxygens (including phenoxy) is 1. The van der Waals surface area contributed by atoms with Gasteiger partial charge in [-0.1, -0.05) is 30.3 Å². The fraction of sp³-hybridized carbons (Fsp3) is 0.316. The normalized spacial score (nSPS) is 12.6. The van der Waals surface area contributed by atoms with Crippen molar-refractivity contribution in [2.24, 2.45) is 4.99 Å². The number of nitrogens with one attached hydrogen (secondary N) is 2. The highest BCUT2D eigenvalue weighted by molar-refractivity contribution is 5.79. The summed E-state index contributed by atoms with van der Waals surface area (Å²) in [6.45, 7) is 3.12. The van der Waals surface area contributed by atoms with Crippen LogP contribution in [0.25, 0.3) is 0 Å². The highest BCUT2D eigenvalue weighted by Gasteiger charge is 2.09. The van der Waals surface area contributed by atoms with Gasteiger partial charge in [0.2, 0.25) is 0 Å². The summed E-state index contributed by atoms with van der Waals surface area (Å²) >= 11 is 0. The van der Waals surface area contributed by atoms with Crippen molar-refractivity contribution in [2.45, 2.75) is 19.6 Å². The third kappa shape index (κ3) is 5.76. The van der Waals surface area contributed by atoms with Gasteiger partial charge in [0.15, 0.2) is 5.96 Å². The lowest BCUT2D eigenvalue weighted by molar-refractivity contribution is 0.180. The minimum Gasteiger partial charge on any atom is -0.497 e. The molecule has 0 saturated heterocycles. The van der Waals surface area contributed by atoms with Gasteiger partial charge in [0.05, 0.1) is 19.8 Å². The van der Waals surface area contributed by atoms with Crippen LogP contribution in [0.5, 0.6) is 5.75 Å². The third-order valence-electron chi connectivity index (χ3n) is 3.67. The van der Waals surface area contributed by atoms with Gasteiger partial charge in [0.1, 0.15) is 11.6 Å². The quantitative estimate of drug-likeness (QED) is 0.533. The summed E-state index contributed by atoms with van der Waals surface area (Å²) < 4.78 is 18.8. The molecule has 0 aromatic heterocycles. The zero-order valence-electron chi connectivity index (χ0n) is 14.5. The number of benzene rings is 2. The van der Waals surface area contributed by atoms with Crippen LogP contribution < -0.4 is 15.4 Å².